The van der Waals surface area contributed by atoms with Gasteiger partial charge >= 0.3 is 75.0 Å². The summed E-state index contributed by atoms with van der Waals surface area (Å²) >= 11 is 0.607. The summed E-state index contributed by atoms with van der Waals surface area (Å²) in [6, 6.07) is 10.8. The second-order valence-corrected chi connectivity index (χ2v) is 5.38. The van der Waals surface area contributed by atoms with Crippen molar-refractivity contribution >= 4 is 15.2 Å². The Labute approximate surface area is 75.3 Å². The van der Waals surface area contributed by atoms with Gasteiger partial charge in [-0.1, -0.05) is 0 Å². The minimum atomic E-state index is 0.607. The molecule has 56 valence electrons. The van der Waals surface area contributed by atoms with E-state index in [0.717, 1.165) is 4.78 Å². The van der Waals surface area contributed by atoms with Crippen LogP contribution in [0.2, 0.25) is 4.78 Å². The molecule has 0 atom stereocenters. The number of benzene rings is 1. The van der Waals surface area contributed by atoms with Crippen LogP contribution in [0.4, 0.5) is 0 Å². The van der Waals surface area contributed by atoms with Crippen molar-refractivity contribution in [1.29, 1.82) is 0 Å². The third-order valence-electron chi connectivity index (χ3n) is 1.67. The fourth-order valence-electron chi connectivity index (χ4n) is 0.986. The van der Waals surface area contributed by atoms with Gasteiger partial charge in [-0.05, 0) is 0 Å². The topological polar surface area (TPSA) is 0 Å². The summed E-state index contributed by atoms with van der Waals surface area (Å²) in [5.41, 5.74) is 1.50. The van der Waals surface area contributed by atoms with Gasteiger partial charge < -0.3 is 0 Å². The number of hydrogen-bond donors (Lipinski definition) is 0. The molecule has 1 heteroatoms. The van der Waals surface area contributed by atoms with Gasteiger partial charge in [-0.2, -0.15) is 0 Å². The van der Waals surface area contributed by atoms with Crippen molar-refractivity contribution in [1.82, 2.24) is 0 Å². The molecule has 0 heterocycles. The van der Waals surface area contributed by atoms with Gasteiger partial charge in [-0.25, -0.2) is 0 Å². The van der Waals surface area contributed by atoms with Crippen molar-refractivity contribution in [3.63, 3.8) is 0 Å². The monoisotopic (exact) mass is 161 g/mol. The van der Waals surface area contributed by atoms with E-state index in [2.05, 4.69) is 44.2 Å². The molecule has 1 aromatic rings. The van der Waals surface area contributed by atoms with Gasteiger partial charge in [-0.15, -0.1) is 0 Å². The molecule has 0 radical (unpaired) electrons. The van der Waals surface area contributed by atoms with E-state index >= 15 is 0 Å². The molecule has 0 spiro atoms. The van der Waals surface area contributed by atoms with Gasteiger partial charge in [0, 0.05) is 0 Å². The molecule has 11 heavy (non-hydrogen) atoms. The van der Waals surface area contributed by atoms with Gasteiger partial charge in [0.1, 0.15) is 0 Å². The van der Waals surface area contributed by atoms with Crippen LogP contribution in [-0.2, 0) is 5.28 Å². The summed E-state index contributed by atoms with van der Waals surface area (Å²) in [5.74, 6) is 0. The zero-order chi connectivity index (χ0) is 8.10. The van der Waals surface area contributed by atoms with Crippen LogP contribution in [-0.4, -0.2) is 15.2 Å². The Kier molecular flexibility index (Phi) is 3.69. The van der Waals surface area contributed by atoms with Crippen molar-refractivity contribution in [3.8, 4) is 0 Å². The zero-order valence-corrected chi connectivity index (χ0v) is 8.40. The molecule has 0 saturated carbocycles. The molecule has 0 N–H and O–H groups in total. The Balaban J connectivity index is 2.39. The summed E-state index contributed by atoms with van der Waals surface area (Å²) in [5, 5.41) is 1.30. The van der Waals surface area contributed by atoms with E-state index in [1.807, 2.05) is 0 Å². The van der Waals surface area contributed by atoms with Gasteiger partial charge in [-0.3, -0.25) is 0 Å². The Morgan fingerprint density at radius 1 is 1.18 bits per heavy atom. The van der Waals surface area contributed by atoms with Crippen LogP contribution in [0.1, 0.15) is 19.4 Å². The Hall–Kier alpha value is -0.248. The number of hydrogen-bond acceptors (Lipinski definition) is 0. The fourth-order valence-corrected chi connectivity index (χ4v) is 2.00. The normalized spacial score (nSPS) is 9.73. The summed E-state index contributed by atoms with van der Waals surface area (Å²) in [4.78, 5) is 0. The van der Waals surface area contributed by atoms with Crippen molar-refractivity contribution in [2.75, 3.05) is 0 Å². The number of rotatable bonds is 3. The van der Waals surface area contributed by atoms with Crippen molar-refractivity contribution < 1.29 is 0 Å². The van der Waals surface area contributed by atoms with E-state index < -0.39 is 0 Å². The predicted octanol–water partition coefficient (Wildman–Crippen LogP) is 2.72. The third kappa shape index (κ3) is 3.60. The molecule has 0 amide bonds. The van der Waals surface area contributed by atoms with Crippen LogP contribution in [0.15, 0.2) is 30.3 Å². The van der Waals surface area contributed by atoms with E-state index in [9.17, 15) is 0 Å². The van der Waals surface area contributed by atoms with E-state index in [4.69, 9.17) is 0 Å². The first-order chi connectivity index (χ1) is 5.29. The van der Waals surface area contributed by atoms with Crippen molar-refractivity contribution in [2.24, 2.45) is 0 Å². The third-order valence-corrected chi connectivity index (χ3v) is 3.32. The van der Waals surface area contributed by atoms with Crippen LogP contribution >= 0.6 is 0 Å². The molecule has 0 aliphatic rings. The van der Waals surface area contributed by atoms with Crippen molar-refractivity contribution in [2.45, 2.75) is 23.9 Å². The molecule has 1 rings (SSSR count). The van der Waals surface area contributed by atoms with Crippen LogP contribution < -0.4 is 0 Å². The Bertz CT molecular complexity index is 191. The maximum atomic E-state index is 2.30. The fraction of sp³-hybridized carbons (Fsp3) is 0.400. The van der Waals surface area contributed by atoms with Crippen LogP contribution in [0.25, 0.3) is 0 Å². The first-order valence-electron chi connectivity index (χ1n) is 4.16. The molecule has 0 bridgehead atoms. The molecular weight excluding hydrogens is 147 g/mol. The van der Waals surface area contributed by atoms with Crippen LogP contribution in [0.5, 0.6) is 0 Å². The molecule has 0 aliphatic heterocycles. The summed E-state index contributed by atoms with van der Waals surface area (Å²) in [6.45, 7) is 4.61. The Morgan fingerprint density at radius 2 is 1.82 bits per heavy atom. The van der Waals surface area contributed by atoms with E-state index in [1.165, 1.54) is 10.8 Å². The van der Waals surface area contributed by atoms with Crippen LogP contribution in [0.3, 0.4) is 0 Å². The molecule has 0 nitrogen and oxygen atoms in total. The standard InChI is InChI=1S/C7H7.C3H7.Al/c1-7-5-3-2-4-6-7;1-3-2;/h2-6H,1H2;3H,1-2H3;/q;;+1. The molecule has 1 aromatic carbocycles. The molecule has 0 aromatic heterocycles. The van der Waals surface area contributed by atoms with Gasteiger partial charge in [0.15, 0.2) is 0 Å². The zero-order valence-electron chi connectivity index (χ0n) is 7.25. The average molecular weight is 161 g/mol. The van der Waals surface area contributed by atoms with Gasteiger partial charge in [0.05, 0.1) is 0 Å². The van der Waals surface area contributed by atoms with Gasteiger partial charge in [0.25, 0.3) is 0 Å². The summed E-state index contributed by atoms with van der Waals surface area (Å²) in [6.07, 6.45) is 0. The average Bonchev–Trinajstić information content (AvgIpc) is 2.03. The predicted molar refractivity (Wildman–Crippen MR) is 51.0 cm³/mol. The minimum absolute atomic E-state index is 0.607. The SMILES string of the molecule is C[CH](C)[Al+][CH2]c1ccccc1. The van der Waals surface area contributed by atoms with Crippen molar-refractivity contribution in [3.05, 3.63) is 35.9 Å². The first-order valence-corrected chi connectivity index (χ1v) is 5.64. The quantitative estimate of drug-likeness (QED) is 0.598. The Morgan fingerprint density at radius 3 is 2.36 bits per heavy atom. The first kappa shape index (κ1) is 8.85. The molecule has 0 aliphatic carbocycles. The molecule has 0 fully saturated rings. The summed E-state index contributed by atoms with van der Waals surface area (Å²) < 4.78 is 0.898. The molecule has 0 saturated heterocycles. The maximum absolute atomic E-state index is 2.30. The van der Waals surface area contributed by atoms with E-state index in [1.54, 1.807) is 0 Å². The second kappa shape index (κ2) is 4.59. The molecular formula is C10H14Al+. The summed E-state index contributed by atoms with van der Waals surface area (Å²) in [7, 11) is 0. The second-order valence-electron chi connectivity index (χ2n) is 3.17. The van der Waals surface area contributed by atoms with Crippen LogP contribution in [0, 0.1) is 0 Å². The van der Waals surface area contributed by atoms with Gasteiger partial charge in [0.2, 0.25) is 0 Å². The van der Waals surface area contributed by atoms with E-state index in [0.29, 0.717) is 15.2 Å². The van der Waals surface area contributed by atoms with E-state index in [-0.39, 0.29) is 0 Å². The molecule has 0 unspecified atom stereocenters.